The molecular formula is C19H36N4O. The van der Waals surface area contributed by atoms with Crippen molar-refractivity contribution >= 4 is 5.91 Å². The number of piperidine rings is 2. The molecule has 3 aliphatic rings. The molecule has 3 saturated heterocycles. The summed E-state index contributed by atoms with van der Waals surface area (Å²) in [5.74, 6) is 1.15. The second kappa shape index (κ2) is 9.16. The van der Waals surface area contributed by atoms with Gasteiger partial charge in [-0.1, -0.05) is 6.42 Å². The molecule has 3 aliphatic heterocycles. The highest BCUT2D eigenvalue weighted by molar-refractivity contribution is 5.76. The molecule has 0 radical (unpaired) electrons. The third-order valence-corrected chi connectivity index (χ3v) is 6.15. The van der Waals surface area contributed by atoms with Gasteiger partial charge in [0.1, 0.15) is 0 Å². The minimum absolute atomic E-state index is 0.350. The van der Waals surface area contributed by atoms with Crippen LogP contribution in [0.5, 0.6) is 0 Å². The number of hydrogen-bond acceptors (Lipinski definition) is 4. The first-order valence-corrected chi connectivity index (χ1v) is 10.2. The van der Waals surface area contributed by atoms with Gasteiger partial charge in [0.05, 0.1) is 0 Å². The summed E-state index contributed by atoms with van der Waals surface area (Å²) in [7, 11) is 0. The molecule has 0 bridgehead atoms. The van der Waals surface area contributed by atoms with Crippen molar-refractivity contribution in [2.75, 3.05) is 58.9 Å². The second-order valence-electron chi connectivity index (χ2n) is 8.03. The highest BCUT2D eigenvalue weighted by atomic mass is 16.2. The molecule has 0 aliphatic carbocycles. The molecule has 0 aromatic heterocycles. The van der Waals surface area contributed by atoms with Crippen molar-refractivity contribution in [1.29, 1.82) is 0 Å². The fourth-order valence-corrected chi connectivity index (χ4v) is 4.59. The molecule has 3 fully saturated rings. The van der Waals surface area contributed by atoms with E-state index in [2.05, 4.69) is 22.0 Å². The summed E-state index contributed by atoms with van der Waals surface area (Å²) in [6, 6.07) is 0.767. The van der Waals surface area contributed by atoms with Gasteiger partial charge in [-0.2, -0.15) is 0 Å². The first-order chi connectivity index (χ1) is 11.7. The summed E-state index contributed by atoms with van der Waals surface area (Å²) in [4.78, 5) is 19.6. The molecule has 3 rings (SSSR count). The van der Waals surface area contributed by atoms with Crippen LogP contribution in [0.3, 0.4) is 0 Å². The van der Waals surface area contributed by atoms with E-state index < -0.39 is 0 Å². The van der Waals surface area contributed by atoms with Gasteiger partial charge in [-0.05, 0) is 51.6 Å². The normalized spacial score (nSPS) is 30.5. The fourth-order valence-electron chi connectivity index (χ4n) is 4.59. The van der Waals surface area contributed by atoms with E-state index in [1.165, 1.54) is 58.3 Å². The molecule has 2 unspecified atom stereocenters. The zero-order valence-corrected chi connectivity index (χ0v) is 15.5. The molecule has 138 valence electrons. The quantitative estimate of drug-likeness (QED) is 0.824. The van der Waals surface area contributed by atoms with Gasteiger partial charge in [0.15, 0.2) is 0 Å². The van der Waals surface area contributed by atoms with Crippen LogP contribution in [0.1, 0.15) is 45.4 Å². The summed E-state index contributed by atoms with van der Waals surface area (Å²) < 4.78 is 0. The Labute approximate surface area is 147 Å². The van der Waals surface area contributed by atoms with E-state index in [0.717, 1.165) is 44.7 Å². The van der Waals surface area contributed by atoms with Crippen LogP contribution >= 0.6 is 0 Å². The Hall–Kier alpha value is -0.650. The van der Waals surface area contributed by atoms with Crippen molar-refractivity contribution in [1.82, 2.24) is 20.0 Å². The van der Waals surface area contributed by atoms with Crippen LogP contribution in [-0.4, -0.2) is 85.6 Å². The maximum absolute atomic E-state index is 12.3. The van der Waals surface area contributed by atoms with Crippen LogP contribution in [0, 0.1) is 5.92 Å². The number of hydrogen-bond donors (Lipinski definition) is 1. The summed E-state index contributed by atoms with van der Waals surface area (Å²) >= 11 is 0. The largest absolute Gasteiger partial charge is 0.340 e. The SMILES string of the molecule is CC1CCCCN1CC1CCCN(CCC(=O)N2CCNCC2)C1. The number of carbonyl (C=O) groups is 1. The predicted molar refractivity (Wildman–Crippen MR) is 98.1 cm³/mol. The number of carbonyl (C=O) groups excluding carboxylic acids is 1. The molecule has 24 heavy (non-hydrogen) atoms. The summed E-state index contributed by atoms with van der Waals surface area (Å²) in [6.07, 6.45) is 7.52. The highest BCUT2D eigenvalue weighted by Gasteiger charge is 2.26. The number of amides is 1. The van der Waals surface area contributed by atoms with E-state index in [0.29, 0.717) is 12.3 Å². The van der Waals surface area contributed by atoms with Crippen molar-refractivity contribution in [3.8, 4) is 0 Å². The lowest BCUT2D eigenvalue weighted by molar-refractivity contribution is -0.132. The zero-order valence-electron chi connectivity index (χ0n) is 15.5. The molecule has 2 atom stereocenters. The number of piperazine rings is 1. The molecule has 5 heteroatoms. The number of nitrogens with one attached hydrogen (secondary N) is 1. The van der Waals surface area contributed by atoms with Crippen molar-refractivity contribution in [3.05, 3.63) is 0 Å². The Morgan fingerprint density at radius 3 is 2.67 bits per heavy atom. The molecule has 0 aromatic rings. The van der Waals surface area contributed by atoms with E-state index in [9.17, 15) is 4.79 Å². The van der Waals surface area contributed by atoms with Crippen molar-refractivity contribution in [2.45, 2.75) is 51.5 Å². The van der Waals surface area contributed by atoms with Gasteiger partial charge >= 0.3 is 0 Å². The maximum Gasteiger partial charge on any atom is 0.223 e. The molecule has 1 N–H and O–H groups in total. The number of nitrogens with zero attached hydrogens (tertiary/aromatic N) is 3. The minimum atomic E-state index is 0.350. The lowest BCUT2D eigenvalue weighted by Crippen LogP contribution is -2.48. The molecule has 3 heterocycles. The van der Waals surface area contributed by atoms with Crippen LogP contribution in [0.2, 0.25) is 0 Å². The Bertz CT molecular complexity index is 397. The summed E-state index contributed by atoms with van der Waals surface area (Å²) in [5.41, 5.74) is 0. The van der Waals surface area contributed by atoms with Crippen LogP contribution in [0.15, 0.2) is 0 Å². The van der Waals surface area contributed by atoms with Crippen molar-refractivity contribution in [2.24, 2.45) is 5.92 Å². The molecule has 5 nitrogen and oxygen atoms in total. The third kappa shape index (κ3) is 5.17. The van der Waals surface area contributed by atoms with Gasteiger partial charge in [-0.25, -0.2) is 0 Å². The van der Waals surface area contributed by atoms with E-state index >= 15 is 0 Å². The average molecular weight is 337 g/mol. The van der Waals surface area contributed by atoms with Crippen LogP contribution in [0.25, 0.3) is 0 Å². The Balaban J connectivity index is 1.39. The average Bonchev–Trinajstić information content (AvgIpc) is 2.63. The molecule has 0 saturated carbocycles. The number of rotatable bonds is 5. The minimum Gasteiger partial charge on any atom is -0.340 e. The van der Waals surface area contributed by atoms with Crippen molar-refractivity contribution in [3.63, 3.8) is 0 Å². The van der Waals surface area contributed by atoms with Gasteiger partial charge in [0.2, 0.25) is 5.91 Å². The van der Waals surface area contributed by atoms with E-state index in [-0.39, 0.29) is 0 Å². The van der Waals surface area contributed by atoms with Gasteiger partial charge < -0.3 is 20.0 Å². The lowest BCUT2D eigenvalue weighted by Gasteiger charge is -2.39. The highest BCUT2D eigenvalue weighted by Crippen LogP contribution is 2.22. The van der Waals surface area contributed by atoms with Crippen molar-refractivity contribution < 1.29 is 4.79 Å². The van der Waals surface area contributed by atoms with Crippen LogP contribution in [0.4, 0.5) is 0 Å². The monoisotopic (exact) mass is 336 g/mol. The Morgan fingerprint density at radius 1 is 1.04 bits per heavy atom. The zero-order chi connectivity index (χ0) is 16.8. The maximum atomic E-state index is 12.3. The summed E-state index contributed by atoms with van der Waals surface area (Å²) in [6.45, 7) is 11.9. The fraction of sp³-hybridized carbons (Fsp3) is 0.947. The first-order valence-electron chi connectivity index (χ1n) is 10.2. The Kier molecular flexibility index (Phi) is 6.93. The smallest absolute Gasteiger partial charge is 0.223 e. The van der Waals surface area contributed by atoms with Gasteiger partial charge in [0, 0.05) is 58.3 Å². The number of likely N-dealkylation sites (tertiary alicyclic amines) is 2. The Morgan fingerprint density at radius 2 is 1.88 bits per heavy atom. The molecule has 1 amide bonds. The van der Waals surface area contributed by atoms with Gasteiger partial charge in [-0.3, -0.25) is 4.79 Å². The standard InChI is InChI=1S/C19H36N4O/c1-17-5-2-3-11-23(17)16-18-6-4-10-21(15-18)12-7-19(24)22-13-8-20-9-14-22/h17-18,20H,2-16H2,1H3. The van der Waals surface area contributed by atoms with E-state index in [1.807, 2.05) is 4.90 Å². The van der Waals surface area contributed by atoms with Gasteiger partial charge in [0.25, 0.3) is 0 Å². The topological polar surface area (TPSA) is 38.8 Å². The van der Waals surface area contributed by atoms with Gasteiger partial charge in [-0.15, -0.1) is 0 Å². The molecular weight excluding hydrogens is 300 g/mol. The van der Waals surface area contributed by atoms with Crippen LogP contribution < -0.4 is 5.32 Å². The van der Waals surface area contributed by atoms with Crippen LogP contribution in [-0.2, 0) is 4.79 Å². The molecule has 0 aromatic carbocycles. The van der Waals surface area contributed by atoms with E-state index in [4.69, 9.17) is 0 Å². The third-order valence-electron chi connectivity index (χ3n) is 6.15. The molecule has 0 spiro atoms. The predicted octanol–water partition coefficient (Wildman–Crippen LogP) is 1.39. The van der Waals surface area contributed by atoms with E-state index in [1.54, 1.807) is 0 Å². The first kappa shape index (κ1) is 18.2. The lowest BCUT2D eigenvalue weighted by atomic mass is 9.94. The second-order valence-corrected chi connectivity index (χ2v) is 8.03. The summed E-state index contributed by atoms with van der Waals surface area (Å²) in [5, 5.41) is 3.31.